The maximum absolute atomic E-state index is 9.06. The fourth-order valence-electron chi connectivity index (χ4n) is 0. The van der Waals surface area contributed by atoms with Crippen molar-refractivity contribution in [3.8, 4) is 0 Å². The van der Waals surface area contributed by atoms with Crippen LogP contribution in [0.3, 0.4) is 0 Å². The van der Waals surface area contributed by atoms with Crippen molar-refractivity contribution >= 4 is 31.1 Å². The van der Waals surface area contributed by atoms with E-state index < -0.39 is 0 Å². The Balaban J connectivity index is -0.0000000450. The summed E-state index contributed by atoms with van der Waals surface area (Å²) in [5, 5.41) is 0. The van der Waals surface area contributed by atoms with Gasteiger partial charge >= 0.3 is 0 Å². The smallest absolute Gasteiger partial charge is 0.142 e. The lowest BCUT2D eigenvalue weighted by Crippen LogP contribution is -1.44. The Morgan fingerprint density at radius 2 is 1.50 bits per heavy atom. The first-order valence-electron chi connectivity index (χ1n) is 0.977. The number of rotatable bonds is 1. The van der Waals surface area contributed by atoms with Crippen LogP contribution < -0.4 is 0 Å². The zero-order valence-corrected chi connectivity index (χ0v) is 4.72. The van der Waals surface area contributed by atoms with Crippen molar-refractivity contribution < 1.29 is 4.79 Å². The molecule has 0 spiro atoms. The van der Waals surface area contributed by atoms with Gasteiger partial charge in [-0.25, -0.2) is 0 Å². The van der Waals surface area contributed by atoms with Crippen LogP contribution in [-0.2, 0) is 4.79 Å². The van der Waals surface area contributed by atoms with Gasteiger partial charge in [0, 0.05) is 0 Å². The number of carbonyl (C=O) groups excluding carboxylic acids is 1. The van der Waals surface area contributed by atoms with E-state index in [0.29, 0.717) is 6.29 Å². The molecule has 0 aromatic heterocycles. The van der Waals surface area contributed by atoms with Gasteiger partial charge in [0.25, 0.3) is 0 Å². The second-order valence-electron chi connectivity index (χ2n) is 0.372. The predicted octanol–water partition coefficient (Wildman–Crippen LogP) is 1.21. The van der Waals surface area contributed by atoms with Crippen molar-refractivity contribution in [3.05, 3.63) is 12.7 Å². The summed E-state index contributed by atoms with van der Waals surface area (Å²) in [6, 6.07) is 0. The minimum atomic E-state index is 0. The first-order chi connectivity index (χ1) is 1.91. The zero-order valence-electron chi connectivity index (χ0n) is 3.09. The molecule has 0 aromatic rings. The molecular formula is C3H6Cl2O. The zero-order chi connectivity index (χ0) is 3.41. The van der Waals surface area contributed by atoms with Crippen LogP contribution in [0.15, 0.2) is 12.7 Å². The summed E-state index contributed by atoms with van der Waals surface area (Å²) in [5.41, 5.74) is 0. The fraction of sp³-hybridized carbons (Fsp3) is 0. The monoisotopic (exact) mass is 128 g/mol. The van der Waals surface area contributed by atoms with Crippen molar-refractivity contribution in [2.45, 2.75) is 0 Å². The number of carbonyl (C=O) groups is 1. The summed E-state index contributed by atoms with van der Waals surface area (Å²) in [5.74, 6) is 0. The lowest BCUT2D eigenvalue weighted by atomic mass is 10.8. The molecule has 0 rings (SSSR count). The molecule has 0 amide bonds. The Kier molecular flexibility index (Phi) is 55.8. The highest BCUT2D eigenvalue weighted by atomic mass is 35.5. The van der Waals surface area contributed by atoms with Gasteiger partial charge < -0.3 is 0 Å². The minimum absolute atomic E-state index is 0. The quantitative estimate of drug-likeness (QED) is 0.384. The van der Waals surface area contributed by atoms with Crippen LogP contribution in [0.25, 0.3) is 0 Å². The second-order valence-corrected chi connectivity index (χ2v) is 0.372. The molecule has 0 unspecified atom stereocenters. The minimum Gasteiger partial charge on any atom is -0.299 e. The molecule has 6 heavy (non-hydrogen) atoms. The SMILES string of the molecule is C=CC=O.Cl.Cl. The molecule has 0 N–H and O–H groups in total. The molecule has 0 saturated heterocycles. The van der Waals surface area contributed by atoms with E-state index in [1.807, 2.05) is 0 Å². The van der Waals surface area contributed by atoms with Gasteiger partial charge in [0.2, 0.25) is 0 Å². The normalized spacial score (nSPS) is 3.33. The third-order valence-corrected chi connectivity index (χ3v) is 0.0962. The third kappa shape index (κ3) is 36.4. The van der Waals surface area contributed by atoms with Gasteiger partial charge in [0.1, 0.15) is 6.29 Å². The third-order valence-electron chi connectivity index (χ3n) is 0.0962. The largest absolute Gasteiger partial charge is 0.299 e. The van der Waals surface area contributed by atoms with E-state index in [-0.39, 0.29) is 24.8 Å². The van der Waals surface area contributed by atoms with Crippen LogP contribution in [0.4, 0.5) is 0 Å². The topological polar surface area (TPSA) is 17.1 Å². The van der Waals surface area contributed by atoms with Crippen molar-refractivity contribution in [2.24, 2.45) is 0 Å². The number of hydrogen-bond donors (Lipinski definition) is 0. The van der Waals surface area contributed by atoms with E-state index in [1.54, 1.807) is 0 Å². The molecule has 0 fully saturated rings. The molecule has 0 bridgehead atoms. The second kappa shape index (κ2) is 20.1. The molecule has 3 heteroatoms. The molecule has 0 radical (unpaired) electrons. The Morgan fingerprint density at radius 1 is 1.33 bits per heavy atom. The number of hydrogen-bond acceptors (Lipinski definition) is 1. The molecule has 0 atom stereocenters. The maximum atomic E-state index is 9.06. The van der Waals surface area contributed by atoms with Crippen LogP contribution in [-0.4, -0.2) is 6.29 Å². The Hall–Kier alpha value is -0.0100. The van der Waals surface area contributed by atoms with E-state index >= 15 is 0 Å². The predicted molar refractivity (Wildman–Crippen MR) is 30.8 cm³/mol. The summed E-state index contributed by atoms with van der Waals surface area (Å²) in [4.78, 5) is 9.06. The standard InChI is InChI=1S/C3H4O.2ClH/c1-2-3-4;;/h2-3H,1H2;2*1H. The molecule has 0 aliphatic heterocycles. The van der Waals surface area contributed by atoms with E-state index in [2.05, 4.69) is 6.58 Å². The summed E-state index contributed by atoms with van der Waals surface area (Å²) < 4.78 is 0. The average molecular weight is 129 g/mol. The number of aldehydes is 1. The molecule has 0 heterocycles. The summed E-state index contributed by atoms with van der Waals surface area (Å²) in [7, 11) is 0. The average Bonchev–Trinajstić information content (AvgIpc) is 1.37. The number of allylic oxidation sites excluding steroid dienone is 1. The highest BCUT2D eigenvalue weighted by molar-refractivity contribution is 5.85. The lowest BCUT2D eigenvalue weighted by molar-refractivity contribution is -0.104. The molecule has 0 aliphatic rings. The molecule has 0 aromatic carbocycles. The van der Waals surface area contributed by atoms with Gasteiger partial charge in [-0.3, -0.25) is 4.79 Å². The lowest BCUT2D eigenvalue weighted by Gasteiger charge is -1.37. The highest BCUT2D eigenvalue weighted by Gasteiger charge is 1.38. The van der Waals surface area contributed by atoms with E-state index in [4.69, 9.17) is 4.79 Å². The van der Waals surface area contributed by atoms with Crippen LogP contribution in [0.5, 0.6) is 0 Å². The van der Waals surface area contributed by atoms with E-state index in [1.165, 1.54) is 6.08 Å². The molecule has 0 aliphatic carbocycles. The molecule has 38 valence electrons. The Labute approximate surface area is 49.2 Å². The van der Waals surface area contributed by atoms with Gasteiger partial charge in [-0.1, -0.05) is 6.58 Å². The number of halogens is 2. The molecule has 0 saturated carbocycles. The van der Waals surface area contributed by atoms with Crippen molar-refractivity contribution in [1.29, 1.82) is 0 Å². The van der Waals surface area contributed by atoms with Gasteiger partial charge in [-0.15, -0.1) is 24.8 Å². The van der Waals surface area contributed by atoms with E-state index in [9.17, 15) is 0 Å². The Bertz CT molecular complexity index is 29.8. The van der Waals surface area contributed by atoms with Gasteiger partial charge in [-0.05, 0) is 6.08 Å². The van der Waals surface area contributed by atoms with E-state index in [0.717, 1.165) is 0 Å². The summed E-state index contributed by atoms with van der Waals surface area (Å²) in [6.07, 6.45) is 1.83. The fourth-order valence-corrected chi connectivity index (χ4v) is 0. The van der Waals surface area contributed by atoms with Crippen molar-refractivity contribution in [2.75, 3.05) is 0 Å². The first kappa shape index (κ1) is 16.7. The summed E-state index contributed by atoms with van der Waals surface area (Å²) >= 11 is 0. The van der Waals surface area contributed by atoms with Crippen LogP contribution in [0.2, 0.25) is 0 Å². The van der Waals surface area contributed by atoms with Crippen molar-refractivity contribution in [3.63, 3.8) is 0 Å². The van der Waals surface area contributed by atoms with Gasteiger partial charge in [0.15, 0.2) is 0 Å². The first-order valence-corrected chi connectivity index (χ1v) is 0.977. The van der Waals surface area contributed by atoms with Crippen LogP contribution >= 0.6 is 24.8 Å². The van der Waals surface area contributed by atoms with Crippen molar-refractivity contribution in [1.82, 2.24) is 0 Å². The molecule has 1 nitrogen and oxygen atoms in total. The highest BCUT2D eigenvalue weighted by Crippen LogP contribution is 1.35. The van der Waals surface area contributed by atoms with Gasteiger partial charge in [0.05, 0.1) is 0 Å². The molecular weight excluding hydrogens is 123 g/mol. The maximum Gasteiger partial charge on any atom is 0.142 e. The Morgan fingerprint density at radius 3 is 1.50 bits per heavy atom. The van der Waals surface area contributed by atoms with Gasteiger partial charge in [-0.2, -0.15) is 0 Å². The van der Waals surface area contributed by atoms with Crippen LogP contribution in [0, 0.1) is 0 Å². The summed E-state index contributed by atoms with van der Waals surface area (Å²) in [6.45, 7) is 3.11. The van der Waals surface area contributed by atoms with Crippen LogP contribution in [0.1, 0.15) is 0 Å².